The molecule has 0 atom stereocenters. The highest BCUT2D eigenvalue weighted by Gasteiger charge is 2.35. The summed E-state index contributed by atoms with van der Waals surface area (Å²) in [4.78, 5) is 15.7. The van der Waals surface area contributed by atoms with Crippen LogP contribution in [0.15, 0.2) is 24.4 Å². The topological polar surface area (TPSA) is 49.0 Å². The summed E-state index contributed by atoms with van der Waals surface area (Å²) in [5.74, 6) is 1.71. The Bertz CT molecular complexity index is 647. The third-order valence-corrected chi connectivity index (χ3v) is 3.60. The minimum atomic E-state index is -0.0180. The SMILES string of the molecule is CC(C)(C)CNC(=O)c1[nH]c(C2CC2)[n+]2ccccc12. The molecule has 2 heterocycles. The van der Waals surface area contributed by atoms with Crippen LogP contribution in [0.4, 0.5) is 0 Å². The van der Waals surface area contributed by atoms with Crippen molar-refractivity contribution in [3.8, 4) is 0 Å². The quantitative estimate of drug-likeness (QED) is 0.828. The van der Waals surface area contributed by atoms with Crippen LogP contribution in [0, 0.1) is 5.41 Å². The first-order chi connectivity index (χ1) is 9.46. The molecule has 4 heteroatoms. The number of imidazole rings is 1. The van der Waals surface area contributed by atoms with Gasteiger partial charge in [0.05, 0.1) is 12.1 Å². The molecule has 0 radical (unpaired) electrons. The molecule has 0 spiro atoms. The van der Waals surface area contributed by atoms with Gasteiger partial charge in [-0.1, -0.05) is 26.8 Å². The summed E-state index contributed by atoms with van der Waals surface area (Å²) < 4.78 is 2.11. The van der Waals surface area contributed by atoms with Gasteiger partial charge in [0, 0.05) is 6.54 Å². The zero-order chi connectivity index (χ0) is 14.3. The number of hydrogen-bond donors (Lipinski definition) is 2. The fourth-order valence-electron chi connectivity index (χ4n) is 2.37. The number of carbonyl (C=O) groups excluding carboxylic acids is 1. The Hall–Kier alpha value is -1.84. The minimum absolute atomic E-state index is 0.0180. The highest BCUT2D eigenvalue weighted by atomic mass is 16.1. The standard InChI is InChI=1S/C16H21N3O/c1-16(2,3)10-17-15(20)13-12-6-4-5-9-19(12)14(18-13)11-7-8-11/h4-6,9,11H,7-8,10H2,1-3H3,(H,17,20)/p+1. The van der Waals surface area contributed by atoms with Gasteiger partial charge in [0.15, 0.2) is 5.52 Å². The Balaban J connectivity index is 1.93. The molecule has 4 nitrogen and oxygen atoms in total. The smallest absolute Gasteiger partial charge is 0.295 e. The van der Waals surface area contributed by atoms with Crippen molar-refractivity contribution >= 4 is 11.4 Å². The molecule has 1 amide bonds. The Morgan fingerprint density at radius 2 is 2.15 bits per heavy atom. The molecule has 20 heavy (non-hydrogen) atoms. The molecular weight excluding hydrogens is 250 g/mol. The summed E-state index contributed by atoms with van der Waals surface area (Å²) in [5, 5.41) is 3.02. The average molecular weight is 272 g/mol. The predicted octanol–water partition coefficient (Wildman–Crippen LogP) is 2.41. The molecule has 0 aromatic carbocycles. The maximum atomic E-state index is 12.4. The van der Waals surface area contributed by atoms with Gasteiger partial charge in [0.2, 0.25) is 5.69 Å². The van der Waals surface area contributed by atoms with Crippen LogP contribution in [0.25, 0.3) is 5.52 Å². The van der Waals surface area contributed by atoms with Crippen LogP contribution < -0.4 is 9.72 Å². The second-order valence-corrected chi connectivity index (χ2v) is 6.86. The van der Waals surface area contributed by atoms with E-state index in [1.807, 2.05) is 24.4 Å². The molecule has 2 N–H and O–H groups in total. The number of nitrogens with one attached hydrogen (secondary N) is 2. The third-order valence-electron chi connectivity index (χ3n) is 3.60. The van der Waals surface area contributed by atoms with Crippen molar-refractivity contribution in [3.05, 3.63) is 35.9 Å². The first-order valence-corrected chi connectivity index (χ1v) is 7.26. The lowest BCUT2D eigenvalue weighted by atomic mass is 9.97. The third kappa shape index (κ3) is 2.55. The van der Waals surface area contributed by atoms with Crippen molar-refractivity contribution in [2.45, 2.75) is 39.5 Å². The van der Waals surface area contributed by atoms with Crippen LogP contribution in [0.5, 0.6) is 0 Å². The lowest BCUT2D eigenvalue weighted by Gasteiger charge is -2.17. The maximum Gasteiger partial charge on any atom is 0.295 e. The Morgan fingerprint density at radius 1 is 1.40 bits per heavy atom. The van der Waals surface area contributed by atoms with Crippen LogP contribution in [0.3, 0.4) is 0 Å². The molecule has 2 aromatic rings. The number of amides is 1. The van der Waals surface area contributed by atoms with E-state index in [1.165, 1.54) is 12.8 Å². The molecule has 1 fully saturated rings. The number of H-pyrrole nitrogens is 1. The largest absolute Gasteiger partial charge is 0.348 e. The van der Waals surface area contributed by atoms with Crippen LogP contribution in [-0.4, -0.2) is 17.4 Å². The lowest BCUT2D eigenvalue weighted by Crippen LogP contribution is -2.33. The van der Waals surface area contributed by atoms with E-state index in [2.05, 4.69) is 35.5 Å². The van der Waals surface area contributed by atoms with Crippen molar-refractivity contribution < 1.29 is 9.20 Å². The average Bonchev–Trinajstić information content (AvgIpc) is 3.16. The van der Waals surface area contributed by atoms with Crippen LogP contribution >= 0.6 is 0 Å². The number of aromatic amines is 1. The Morgan fingerprint density at radius 3 is 2.80 bits per heavy atom. The van der Waals surface area contributed by atoms with Gasteiger partial charge in [0.25, 0.3) is 11.7 Å². The molecule has 106 valence electrons. The normalized spacial score (nSPS) is 15.6. The van der Waals surface area contributed by atoms with E-state index in [-0.39, 0.29) is 11.3 Å². The first kappa shape index (κ1) is 13.2. The van der Waals surface area contributed by atoms with Crippen molar-refractivity contribution in [1.29, 1.82) is 0 Å². The van der Waals surface area contributed by atoms with Gasteiger partial charge in [-0.2, -0.15) is 4.40 Å². The summed E-state index contributed by atoms with van der Waals surface area (Å²) in [7, 11) is 0. The Labute approximate surface area is 119 Å². The number of rotatable bonds is 3. The molecule has 2 aromatic heterocycles. The number of carbonyl (C=O) groups is 1. The van der Waals surface area contributed by atoms with E-state index in [9.17, 15) is 4.79 Å². The van der Waals surface area contributed by atoms with Gasteiger partial charge in [0.1, 0.15) is 0 Å². The van der Waals surface area contributed by atoms with Crippen LogP contribution in [0.1, 0.15) is 55.8 Å². The zero-order valence-corrected chi connectivity index (χ0v) is 12.4. The summed E-state index contributed by atoms with van der Waals surface area (Å²) in [5.41, 5.74) is 1.72. The number of nitrogens with zero attached hydrogens (tertiary/aromatic N) is 1. The monoisotopic (exact) mass is 272 g/mol. The highest BCUT2D eigenvalue weighted by Crippen LogP contribution is 2.37. The van der Waals surface area contributed by atoms with Crippen molar-refractivity contribution in [2.75, 3.05) is 6.54 Å². The van der Waals surface area contributed by atoms with Gasteiger partial charge in [-0.05, 0) is 30.4 Å². The number of pyridine rings is 1. The molecule has 0 bridgehead atoms. The molecule has 0 saturated heterocycles. The molecule has 3 rings (SSSR count). The van der Waals surface area contributed by atoms with E-state index in [0.29, 0.717) is 18.2 Å². The van der Waals surface area contributed by atoms with E-state index in [4.69, 9.17) is 0 Å². The van der Waals surface area contributed by atoms with E-state index in [0.717, 1.165) is 11.3 Å². The van der Waals surface area contributed by atoms with Crippen LogP contribution in [0.2, 0.25) is 0 Å². The maximum absolute atomic E-state index is 12.4. The summed E-state index contributed by atoms with van der Waals surface area (Å²) in [6.45, 7) is 7.02. The molecular formula is C16H22N3O+. The fourth-order valence-corrected chi connectivity index (χ4v) is 2.37. The van der Waals surface area contributed by atoms with Gasteiger partial charge in [-0.3, -0.25) is 4.79 Å². The molecule has 0 unspecified atom stereocenters. The van der Waals surface area contributed by atoms with Gasteiger partial charge >= 0.3 is 0 Å². The molecule has 1 aliphatic carbocycles. The second kappa shape index (κ2) is 4.62. The highest BCUT2D eigenvalue weighted by molar-refractivity contribution is 5.97. The number of hydrogen-bond acceptors (Lipinski definition) is 1. The summed E-state index contributed by atoms with van der Waals surface area (Å²) in [6, 6.07) is 5.97. The van der Waals surface area contributed by atoms with Crippen LogP contribution in [-0.2, 0) is 0 Å². The van der Waals surface area contributed by atoms with Crippen molar-refractivity contribution in [2.24, 2.45) is 5.41 Å². The van der Waals surface area contributed by atoms with Gasteiger partial charge in [-0.25, -0.2) is 4.98 Å². The Kier molecular flexibility index (Phi) is 3.04. The zero-order valence-electron chi connectivity index (χ0n) is 12.4. The molecule has 1 saturated carbocycles. The molecule has 1 aliphatic rings. The first-order valence-electron chi connectivity index (χ1n) is 7.26. The van der Waals surface area contributed by atoms with Gasteiger partial charge in [-0.15, -0.1) is 0 Å². The predicted molar refractivity (Wildman–Crippen MR) is 77.7 cm³/mol. The fraction of sp³-hybridized carbons (Fsp3) is 0.500. The minimum Gasteiger partial charge on any atom is -0.348 e. The number of aromatic nitrogens is 2. The summed E-state index contributed by atoms with van der Waals surface area (Å²) >= 11 is 0. The second-order valence-electron chi connectivity index (χ2n) is 6.86. The molecule has 0 aliphatic heterocycles. The van der Waals surface area contributed by atoms with E-state index >= 15 is 0 Å². The lowest BCUT2D eigenvalue weighted by molar-refractivity contribution is -0.521. The summed E-state index contributed by atoms with van der Waals surface area (Å²) in [6.07, 6.45) is 4.45. The van der Waals surface area contributed by atoms with E-state index in [1.54, 1.807) is 0 Å². The number of fused-ring (bicyclic) bond motifs is 1. The van der Waals surface area contributed by atoms with Crippen molar-refractivity contribution in [1.82, 2.24) is 10.3 Å². The van der Waals surface area contributed by atoms with Gasteiger partial charge < -0.3 is 5.32 Å². The van der Waals surface area contributed by atoms with E-state index < -0.39 is 0 Å². The van der Waals surface area contributed by atoms with Crippen molar-refractivity contribution in [3.63, 3.8) is 0 Å².